The third-order valence-corrected chi connectivity index (χ3v) is 5.71. The van der Waals surface area contributed by atoms with Gasteiger partial charge in [0.25, 0.3) is 5.91 Å². The van der Waals surface area contributed by atoms with Crippen molar-refractivity contribution in [3.05, 3.63) is 94.0 Å². The quantitative estimate of drug-likeness (QED) is 0.298. The maximum absolute atomic E-state index is 12.4. The number of anilines is 1. The molecule has 3 aromatic rings. The number of halogens is 2. The fourth-order valence-electron chi connectivity index (χ4n) is 2.48. The van der Waals surface area contributed by atoms with Gasteiger partial charge in [0.15, 0.2) is 0 Å². The molecule has 0 radical (unpaired) electrons. The van der Waals surface area contributed by atoms with Crippen LogP contribution >= 0.6 is 23.2 Å². The number of rotatable bonds is 6. The summed E-state index contributed by atoms with van der Waals surface area (Å²) in [5, 5.41) is 12.9. The lowest BCUT2D eigenvalue weighted by Crippen LogP contribution is -2.13. The molecule has 1 amide bonds. The van der Waals surface area contributed by atoms with Crippen molar-refractivity contribution in [3.8, 4) is 11.8 Å². The van der Waals surface area contributed by atoms with Crippen LogP contribution in [0.25, 0.3) is 6.08 Å². The summed E-state index contributed by atoms with van der Waals surface area (Å²) >= 11 is 11.6. The smallest absolute Gasteiger partial charge is 0.339 e. The fourth-order valence-corrected chi connectivity index (χ4v) is 3.65. The molecule has 0 unspecified atom stereocenters. The number of nitriles is 1. The Morgan fingerprint density at radius 2 is 1.58 bits per heavy atom. The molecule has 9 heteroatoms. The van der Waals surface area contributed by atoms with Crippen LogP contribution in [0.3, 0.4) is 0 Å². The molecule has 0 atom stereocenters. The van der Waals surface area contributed by atoms with E-state index in [9.17, 15) is 18.5 Å². The maximum atomic E-state index is 12.4. The largest absolute Gasteiger partial charge is 0.379 e. The fraction of sp³-hybridized carbons (Fsp3) is 0. The van der Waals surface area contributed by atoms with Gasteiger partial charge in [0.05, 0.1) is 0 Å². The van der Waals surface area contributed by atoms with Crippen LogP contribution in [0, 0.1) is 11.3 Å². The Bertz CT molecular complexity index is 1280. The Hall–Kier alpha value is -3.31. The first-order chi connectivity index (χ1) is 14.8. The van der Waals surface area contributed by atoms with Gasteiger partial charge in [-0.15, -0.1) is 0 Å². The van der Waals surface area contributed by atoms with Crippen molar-refractivity contribution >= 4 is 51.0 Å². The van der Waals surface area contributed by atoms with Gasteiger partial charge in [-0.3, -0.25) is 4.79 Å². The number of nitrogens with zero attached hydrogens (tertiary/aromatic N) is 1. The Morgan fingerprint density at radius 3 is 2.19 bits per heavy atom. The van der Waals surface area contributed by atoms with E-state index in [2.05, 4.69) is 5.32 Å². The zero-order valence-electron chi connectivity index (χ0n) is 15.7. The van der Waals surface area contributed by atoms with E-state index in [1.54, 1.807) is 36.4 Å². The molecule has 31 heavy (non-hydrogen) atoms. The van der Waals surface area contributed by atoms with Crippen molar-refractivity contribution in [2.24, 2.45) is 0 Å². The van der Waals surface area contributed by atoms with Crippen LogP contribution in [-0.4, -0.2) is 14.3 Å². The number of carbonyl (C=O) groups is 1. The predicted molar refractivity (Wildman–Crippen MR) is 119 cm³/mol. The zero-order chi connectivity index (χ0) is 22.4. The molecule has 0 spiro atoms. The molecule has 0 saturated heterocycles. The summed E-state index contributed by atoms with van der Waals surface area (Å²) in [6.07, 6.45) is 1.33. The highest BCUT2D eigenvalue weighted by Crippen LogP contribution is 2.22. The van der Waals surface area contributed by atoms with E-state index in [1.807, 2.05) is 6.07 Å². The SMILES string of the molecule is N#C/C(=C/c1cccc(OS(=O)(=O)c2ccc(Cl)cc2)c1)C(=O)Nc1ccc(Cl)cc1. The van der Waals surface area contributed by atoms with Crippen LogP contribution in [-0.2, 0) is 14.9 Å². The van der Waals surface area contributed by atoms with Gasteiger partial charge in [0, 0.05) is 15.7 Å². The van der Waals surface area contributed by atoms with Gasteiger partial charge in [-0.05, 0) is 72.3 Å². The van der Waals surface area contributed by atoms with E-state index in [4.69, 9.17) is 27.4 Å². The van der Waals surface area contributed by atoms with Gasteiger partial charge < -0.3 is 9.50 Å². The number of hydrogen-bond donors (Lipinski definition) is 1. The third kappa shape index (κ3) is 6.09. The van der Waals surface area contributed by atoms with E-state index >= 15 is 0 Å². The number of carbonyl (C=O) groups excluding carboxylic acids is 1. The first-order valence-corrected chi connectivity index (χ1v) is 10.9. The van der Waals surface area contributed by atoms with E-state index in [-0.39, 0.29) is 16.2 Å². The van der Waals surface area contributed by atoms with Crippen molar-refractivity contribution in [1.29, 1.82) is 5.26 Å². The van der Waals surface area contributed by atoms with Crippen molar-refractivity contribution in [1.82, 2.24) is 0 Å². The average Bonchev–Trinajstić information content (AvgIpc) is 2.74. The molecule has 0 heterocycles. The highest BCUT2D eigenvalue weighted by Gasteiger charge is 2.17. The van der Waals surface area contributed by atoms with Crippen LogP contribution in [0.2, 0.25) is 10.0 Å². The van der Waals surface area contributed by atoms with Gasteiger partial charge >= 0.3 is 10.1 Å². The summed E-state index contributed by atoms with van der Waals surface area (Å²) in [5.74, 6) is -0.593. The summed E-state index contributed by atoms with van der Waals surface area (Å²) in [7, 11) is -4.08. The highest BCUT2D eigenvalue weighted by atomic mass is 35.5. The molecule has 0 aliphatic rings. The predicted octanol–water partition coefficient (Wildman–Crippen LogP) is 5.31. The van der Waals surface area contributed by atoms with Crippen molar-refractivity contribution in [2.45, 2.75) is 4.90 Å². The van der Waals surface area contributed by atoms with Crippen molar-refractivity contribution in [3.63, 3.8) is 0 Å². The molecule has 0 fully saturated rings. The maximum Gasteiger partial charge on any atom is 0.339 e. The highest BCUT2D eigenvalue weighted by molar-refractivity contribution is 7.87. The van der Waals surface area contributed by atoms with Crippen molar-refractivity contribution in [2.75, 3.05) is 5.32 Å². The Kier molecular flexibility index (Phi) is 6.98. The zero-order valence-corrected chi connectivity index (χ0v) is 18.1. The normalized spacial score (nSPS) is 11.5. The molecule has 6 nitrogen and oxygen atoms in total. The van der Waals surface area contributed by atoms with Crippen LogP contribution < -0.4 is 9.50 Å². The monoisotopic (exact) mass is 472 g/mol. The van der Waals surface area contributed by atoms with E-state index < -0.39 is 16.0 Å². The summed E-state index contributed by atoms with van der Waals surface area (Å²) < 4.78 is 30.0. The summed E-state index contributed by atoms with van der Waals surface area (Å²) in [5.41, 5.74) is 0.709. The second-order valence-electron chi connectivity index (χ2n) is 6.19. The van der Waals surface area contributed by atoms with Crippen molar-refractivity contribution < 1.29 is 17.4 Å². The molecule has 1 N–H and O–H groups in total. The standard InChI is InChI=1S/C22H14Cl2N2O4S/c23-17-4-8-19(9-5-17)26-22(27)16(14-25)12-15-2-1-3-20(13-15)30-31(28,29)21-10-6-18(24)7-11-21/h1-13H,(H,26,27)/b16-12-. The van der Waals surface area contributed by atoms with Gasteiger partial charge in [0.2, 0.25) is 0 Å². The van der Waals surface area contributed by atoms with Gasteiger partial charge in [-0.1, -0.05) is 35.3 Å². The van der Waals surface area contributed by atoms with E-state index in [0.29, 0.717) is 21.3 Å². The first-order valence-electron chi connectivity index (χ1n) is 8.76. The molecule has 156 valence electrons. The first kappa shape index (κ1) is 22.4. The minimum Gasteiger partial charge on any atom is -0.379 e. The third-order valence-electron chi connectivity index (χ3n) is 3.94. The molecule has 0 aliphatic heterocycles. The number of hydrogen-bond acceptors (Lipinski definition) is 5. The summed E-state index contributed by atoms with van der Waals surface area (Å²) in [4.78, 5) is 12.3. The average molecular weight is 473 g/mol. The second kappa shape index (κ2) is 9.67. The Morgan fingerprint density at radius 1 is 0.968 bits per heavy atom. The number of benzene rings is 3. The lowest BCUT2D eigenvalue weighted by molar-refractivity contribution is -0.112. The molecule has 0 aromatic heterocycles. The topological polar surface area (TPSA) is 96.3 Å². The van der Waals surface area contributed by atoms with Crippen LogP contribution in [0.4, 0.5) is 5.69 Å². The van der Waals surface area contributed by atoms with Crippen LogP contribution in [0.1, 0.15) is 5.56 Å². The summed E-state index contributed by atoms with van der Waals surface area (Å²) in [6.45, 7) is 0. The van der Waals surface area contributed by atoms with E-state index in [0.717, 1.165) is 0 Å². The second-order valence-corrected chi connectivity index (χ2v) is 8.61. The molecule has 3 aromatic carbocycles. The molecule has 0 aliphatic carbocycles. The molecule has 0 bridgehead atoms. The lowest BCUT2D eigenvalue weighted by atomic mass is 10.1. The number of nitrogens with one attached hydrogen (secondary N) is 1. The van der Waals surface area contributed by atoms with Gasteiger partial charge in [0.1, 0.15) is 22.3 Å². The summed E-state index contributed by atoms with van der Waals surface area (Å²) in [6, 6.07) is 19.8. The lowest BCUT2D eigenvalue weighted by Gasteiger charge is -2.08. The van der Waals surface area contributed by atoms with Gasteiger partial charge in [-0.25, -0.2) is 0 Å². The minimum absolute atomic E-state index is 0.0269. The Balaban J connectivity index is 1.80. The molecular formula is C22H14Cl2N2O4S. The molecule has 3 rings (SSSR count). The Labute approximate surface area is 189 Å². The van der Waals surface area contributed by atoms with Crippen LogP contribution in [0.5, 0.6) is 5.75 Å². The molecular weight excluding hydrogens is 459 g/mol. The minimum atomic E-state index is -4.08. The van der Waals surface area contributed by atoms with Crippen LogP contribution in [0.15, 0.2) is 83.3 Å². The number of amides is 1. The molecule has 0 saturated carbocycles. The van der Waals surface area contributed by atoms with E-state index in [1.165, 1.54) is 42.5 Å². The van der Waals surface area contributed by atoms with Gasteiger partial charge in [-0.2, -0.15) is 13.7 Å².